The van der Waals surface area contributed by atoms with E-state index in [0.29, 0.717) is 22.3 Å². The molecule has 2 nitrogen and oxygen atoms in total. The average molecular weight is 455 g/mol. The highest BCUT2D eigenvalue weighted by Gasteiger charge is 2.50. The topological polar surface area (TPSA) is 40.5 Å². The van der Waals surface area contributed by atoms with Crippen LogP contribution in [0.25, 0.3) is 0 Å². The molecule has 0 spiro atoms. The quantitative estimate of drug-likeness (QED) is 0.327. The average Bonchev–Trinajstić information content (AvgIpc) is 2.96. The summed E-state index contributed by atoms with van der Waals surface area (Å²) >= 11 is 0. The Balaban J connectivity index is 0.000000633. The molecule has 0 heterocycles. The summed E-state index contributed by atoms with van der Waals surface area (Å²) < 4.78 is 0. The molecule has 0 aliphatic heterocycles. The highest BCUT2D eigenvalue weighted by molar-refractivity contribution is 5.64. The minimum atomic E-state index is -1.34. The van der Waals surface area contributed by atoms with Gasteiger partial charge in [-0.3, -0.25) is 0 Å². The molecule has 0 aromatic heterocycles. The zero-order valence-electron chi connectivity index (χ0n) is 21.3. The molecule has 178 valence electrons. The van der Waals surface area contributed by atoms with Gasteiger partial charge in [-0.05, 0) is 33.4 Å². The number of hydrogen-bond acceptors (Lipinski definition) is 2. The number of benzene rings is 4. The summed E-state index contributed by atoms with van der Waals surface area (Å²) in [6.07, 6.45) is 0. The molecule has 1 aliphatic carbocycles. The Kier molecular flexibility index (Phi) is 9.80. The van der Waals surface area contributed by atoms with Crippen molar-refractivity contribution >= 4 is 0 Å². The summed E-state index contributed by atoms with van der Waals surface area (Å²) in [5, 5.41) is 24.2. The van der Waals surface area contributed by atoms with Crippen LogP contribution in [0.4, 0.5) is 0 Å². The zero-order valence-corrected chi connectivity index (χ0v) is 21.3. The fraction of sp³-hybridized carbons (Fsp3) is 0.250. The van der Waals surface area contributed by atoms with E-state index in [2.05, 4.69) is 0 Å². The lowest BCUT2D eigenvalue weighted by atomic mass is 9.63. The van der Waals surface area contributed by atoms with Gasteiger partial charge in [0, 0.05) is 0 Å². The highest BCUT2D eigenvalue weighted by atomic mass is 16.3. The molecule has 34 heavy (non-hydrogen) atoms. The molecule has 0 radical (unpaired) electrons. The third-order valence-electron chi connectivity index (χ3n) is 5.80. The summed E-state index contributed by atoms with van der Waals surface area (Å²) in [4.78, 5) is 0. The van der Waals surface area contributed by atoms with Crippen molar-refractivity contribution in [2.24, 2.45) is 0 Å². The monoisotopic (exact) mass is 454 g/mol. The van der Waals surface area contributed by atoms with Crippen LogP contribution in [0.5, 0.6) is 0 Å². The highest BCUT2D eigenvalue weighted by Crippen LogP contribution is 2.52. The van der Waals surface area contributed by atoms with Gasteiger partial charge >= 0.3 is 0 Å². The number of fused-ring (bicyclic) bond motifs is 2. The molecule has 0 saturated heterocycles. The van der Waals surface area contributed by atoms with Crippen LogP contribution in [0, 0.1) is 0 Å². The van der Waals surface area contributed by atoms with Crippen molar-refractivity contribution in [1.29, 1.82) is 0 Å². The van der Waals surface area contributed by atoms with Crippen LogP contribution in [-0.4, -0.2) is 10.2 Å². The fourth-order valence-corrected chi connectivity index (χ4v) is 4.50. The van der Waals surface area contributed by atoms with Gasteiger partial charge in [0.15, 0.2) is 0 Å². The molecule has 0 atom stereocenters. The summed E-state index contributed by atoms with van der Waals surface area (Å²) in [6, 6.07) is 34.6. The van der Waals surface area contributed by atoms with Gasteiger partial charge in [0.1, 0.15) is 11.2 Å². The van der Waals surface area contributed by atoms with Gasteiger partial charge in [-0.25, -0.2) is 0 Å². The maximum Gasteiger partial charge on any atom is 0.141 e. The minimum absolute atomic E-state index is 0.700. The van der Waals surface area contributed by atoms with Crippen LogP contribution in [0.15, 0.2) is 109 Å². The summed E-state index contributed by atoms with van der Waals surface area (Å²) in [6.45, 7) is 12.0. The Bertz CT molecular complexity index is 995. The van der Waals surface area contributed by atoms with E-state index in [9.17, 15) is 10.2 Å². The molecular weight excluding hydrogens is 416 g/mol. The van der Waals surface area contributed by atoms with Crippen LogP contribution in [0.1, 0.15) is 74.9 Å². The Morgan fingerprint density at radius 2 is 0.559 bits per heavy atom. The minimum Gasteiger partial charge on any atom is -0.376 e. The van der Waals surface area contributed by atoms with E-state index in [1.165, 1.54) is 0 Å². The second-order valence-corrected chi connectivity index (χ2v) is 7.24. The fourth-order valence-electron chi connectivity index (χ4n) is 4.50. The summed E-state index contributed by atoms with van der Waals surface area (Å²) in [5.41, 5.74) is 1.69. The van der Waals surface area contributed by atoms with Gasteiger partial charge in [0.2, 0.25) is 0 Å². The lowest BCUT2D eigenvalue weighted by Gasteiger charge is -2.45. The van der Waals surface area contributed by atoms with E-state index >= 15 is 0 Å². The van der Waals surface area contributed by atoms with Gasteiger partial charge in [0.05, 0.1) is 0 Å². The van der Waals surface area contributed by atoms with Gasteiger partial charge in [0.25, 0.3) is 0 Å². The predicted molar refractivity (Wildman–Crippen MR) is 144 cm³/mol. The maximum absolute atomic E-state index is 12.1. The molecule has 0 fully saturated rings. The van der Waals surface area contributed by atoms with Crippen LogP contribution >= 0.6 is 0 Å². The van der Waals surface area contributed by atoms with Crippen molar-refractivity contribution in [3.8, 4) is 0 Å². The SMILES string of the molecule is CC.CC.CC.OC1(c2ccccc2)c2ccccc2C(O)(c2ccccc2)c2ccccc21. The van der Waals surface area contributed by atoms with Crippen molar-refractivity contribution in [3.63, 3.8) is 0 Å². The molecular formula is C32H38O2. The Labute approximate surface area is 205 Å². The number of aliphatic hydroxyl groups is 2. The van der Waals surface area contributed by atoms with E-state index in [1.807, 2.05) is 151 Å². The Morgan fingerprint density at radius 3 is 0.794 bits per heavy atom. The van der Waals surface area contributed by atoms with Crippen LogP contribution in [-0.2, 0) is 11.2 Å². The lowest BCUT2D eigenvalue weighted by Crippen LogP contribution is -2.44. The van der Waals surface area contributed by atoms with Crippen LogP contribution < -0.4 is 0 Å². The molecule has 0 unspecified atom stereocenters. The molecule has 4 aromatic rings. The lowest BCUT2D eigenvalue weighted by molar-refractivity contribution is 0.0748. The second-order valence-electron chi connectivity index (χ2n) is 7.24. The molecule has 5 rings (SSSR count). The zero-order chi connectivity index (χ0) is 25.2. The van der Waals surface area contributed by atoms with Crippen molar-refractivity contribution in [1.82, 2.24) is 0 Å². The van der Waals surface area contributed by atoms with Crippen molar-refractivity contribution in [3.05, 3.63) is 143 Å². The molecule has 1 aliphatic rings. The molecule has 2 heteroatoms. The van der Waals surface area contributed by atoms with Crippen molar-refractivity contribution < 1.29 is 10.2 Å². The first-order chi connectivity index (χ1) is 16.7. The van der Waals surface area contributed by atoms with E-state index < -0.39 is 11.2 Å². The van der Waals surface area contributed by atoms with E-state index in [0.717, 1.165) is 11.1 Å². The van der Waals surface area contributed by atoms with E-state index in [-0.39, 0.29) is 0 Å². The van der Waals surface area contributed by atoms with E-state index in [1.54, 1.807) is 0 Å². The third kappa shape index (κ3) is 4.44. The summed E-state index contributed by atoms with van der Waals surface area (Å²) in [7, 11) is 0. The molecule has 4 aromatic carbocycles. The maximum atomic E-state index is 12.1. The molecule has 0 saturated carbocycles. The smallest absolute Gasteiger partial charge is 0.141 e. The Morgan fingerprint density at radius 1 is 0.353 bits per heavy atom. The van der Waals surface area contributed by atoms with Gasteiger partial charge in [-0.1, -0.05) is 151 Å². The van der Waals surface area contributed by atoms with Crippen LogP contribution in [0.3, 0.4) is 0 Å². The number of rotatable bonds is 2. The first kappa shape index (κ1) is 27.0. The largest absolute Gasteiger partial charge is 0.376 e. The van der Waals surface area contributed by atoms with Gasteiger partial charge in [-0.15, -0.1) is 0 Å². The molecule has 0 bridgehead atoms. The second kappa shape index (κ2) is 12.3. The Hall–Kier alpha value is -3.20. The predicted octanol–water partition coefficient (Wildman–Crippen LogP) is 7.65. The third-order valence-corrected chi connectivity index (χ3v) is 5.80. The van der Waals surface area contributed by atoms with Crippen molar-refractivity contribution in [2.75, 3.05) is 0 Å². The van der Waals surface area contributed by atoms with Crippen molar-refractivity contribution in [2.45, 2.75) is 52.7 Å². The summed E-state index contributed by atoms with van der Waals surface area (Å²) in [5.74, 6) is 0. The first-order valence-electron chi connectivity index (χ1n) is 12.4. The van der Waals surface area contributed by atoms with Crippen LogP contribution in [0.2, 0.25) is 0 Å². The normalized spacial score (nSPS) is 19.4. The molecule has 0 amide bonds. The van der Waals surface area contributed by atoms with Gasteiger partial charge in [-0.2, -0.15) is 0 Å². The van der Waals surface area contributed by atoms with E-state index in [4.69, 9.17) is 0 Å². The first-order valence-corrected chi connectivity index (χ1v) is 12.4. The number of hydrogen-bond donors (Lipinski definition) is 2. The standard InChI is InChI=1S/C26H20O2.3C2H6/c27-25(19-11-3-1-4-12-19)21-15-7-9-17-23(21)26(28,20-13-5-2-6-14-20)24-18-10-8-16-22(24)25;3*1-2/h1-18,27-28H;3*1-2H3. The van der Waals surface area contributed by atoms with Gasteiger partial charge < -0.3 is 10.2 Å². The molecule has 2 N–H and O–H groups in total.